The molecule has 12 heteroatoms. The molecule has 1 aliphatic carbocycles. The molecule has 0 spiro atoms. The molecule has 1 aliphatic heterocycles. The Labute approximate surface area is 217 Å². The van der Waals surface area contributed by atoms with Crippen molar-refractivity contribution < 1.29 is 27.2 Å². The molecule has 4 atom stereocenters. The molecule has 0 radical (unpaired) electrons. The van der Waals surface area contributed by atoms with Gasteiger partial charge < -0.3 is 9.84 Å². The minimum Gasteiger partial charge on any atom is -0.393 e. The van der Waals surface area contributed by atoms with Crippen LogP contribution in [0.4, 0.5) is 0 Å². The number of ketones is 1. The minimum absolute atomic E-state index is 0.0176. The van der Waals surface area contributed by atoms with Gasteiger partial charge in [0.1, 0.15) is 12.4 Å². The molecule has 0 saturated heterocycles. The normalized spacial score (nSPS) is 24.1. The smallest absolute Gasteiger partial charge is 0.333 e. The summed E-state index contributed by atoms with van der Waals surface area (Å²) in [6.45, 7) is 2.49. The number of ether oxygens (including phenoxy) is 1. The number of thiophene rings is 2. The molecule has 0 bridgehead atoms. The van der Waals surface area contributed by atoms with Gasteiger partial charge in [0.2, 0.25) is 5.78 Å². The van der Waals surface area contributed by atoms with Crippen LogP contribution in [0, 0.1) is 18.8 Å². The lowest BCUT2D eigenvalue weighted by atomic mass is 9.96. The van der Waals surface area contributed by atoms with Gasteiger partial charge in [0.25, 0.3) is 0 Å². The van der Waals surface area contributed by atoms with Crippen molar-refractivity contribution in [1.82, 2.24) is 9.97 Å². The van der Waals surface area contributed by atoms with Crippen LogP contribution in [0.15, 0.2) is 30.0 Å². The van der Waals surface area contributed by atoms with Gasteiger partial charge in [0.05, 0.1) is 35.5 Å². The van der Waals surface area contributed by atoms with E-state index in [1.807, 2.05) is 13.0 Å². The van der Waals surface area contributed by atoms with Crippen LogP contribution in [0.2, 0.25) is 0 Å². The van der Waals surface area contributed by atoms with Crippen LogP contribution in [-0.2, 0) is 32.1 Å². The summed E-state index contributed by atoms with van der Waals surface area (Å²) >= 11 is 3.12. The second kappa shape index (κ2) is 10.4. The molecule has 3 N–H and O–H groups in total. The van der Waals surface area contributed by atoms with Crippen LogP contribution in [0.1, 0.15) is 60.8 Å². The largest absolute Gasteiger partial charge is 0.393 e. The number of rotatable bonds is 8. The Morgan fingerprint density at radius 2 is 2.19 bits per heavy atom. The number of aromatic nitrogens is 2. The maximum Gasteiger partial charge on any atom is 0.333 e. The quantitative estimate of drug-likeness (QED) is 0.409. The SMILES string of the molecule is Cc1sc(C(=O)c2cncnc2C[C@@H]2C[C@H](COS(N)(=O)=O)[C@@H](O)C2)cc1C1OCCc2ccsc21. The highest BCUT2D eigenvalue weighted by Crippen LogP contribution is 2.41. The third kappa shape index (κ3) is 5.44. The number of hydrogen-bond donors (Lipinski definition) is 2. The monoisotopic (exact) mass is 549 g/mol. The fraction of sp³-hybridized carbons (Fsp3) is 0.458. The van der Waals surface area contributed by atoms with E-state index >= 15 is 0 Å². The summed E-state index contributed by atoms with van der Waals surface area (Å²) in [6, 6.07) is 4.07. The van der Waals surface area contributed by atoms with Gasteiger partial charge in [-0.2, -0.15) is 8.42 Å². The lowest BCUT2D eigenvalue weighted by Crippen LogP contribution is -2.24. The Bertz CT molecular complexity index is 1370. The maximum absolute atomic E-state index is 13.6. The zero-order valence-corrected chi connectivity index (χ0v) is 22.1. The van der Waals surface area contributed by atoms with Crippen LogP contribution in [0.25, 0.3) is 0 Å². The lowest BCUT2D eigenvalue weighted by Gasteiger charge is -2.23. The van der Waals surface area contributed by atoms with Crippen LogP contribution < -0.4 is 5.14 Å². The third-order valence-corrected chi connectivity index (χ3v) is 9.39. The predicted molar refractivity (Wildman–Crippen MR) is 135 cm³/mol. The zero-order valence-electron chi connectivity index (χ0n) is 19.6. The molecule has 1 saturated carbocycles. The van der Waals surface area contributed by atoms with Crippen molar-refractivity contribution in [3.8, 4) is 0 Å². The second-order valence-corrected chi connectivity index (χ2v) is 12.7. The molecular weight excluding hydrogens is 522 g/mol. The average Bonchev–Trinajstić information content (AvgIpc) is 3.55. The first-order valence-corrected chi connectivity index (χ1v) is 14.8. The molecule has 36 heavy (non-hydrogen) atoms. The molecule has 0 aromatic carbocycles. The summed E-state index contributed by atoms with van der Waals surface area (Å²) in [4.78, 5) is 24.9. The van der Waals surface area contributed by atoms with E-state index in [4.69, 9.17) is 9.88 Å². The summed E-state index contributed by atoms with van der Waals surface area (Å²) in [5.41, 5.74) is 3.37. The van der Waals surface area contributed by atoms with E-state index in [-0.39, 0.29) is 30.3 Å². The Hall–Kier alpha value is -2.06. The fourth-order valence-corrected chi connectivity index (χ4v) is 7.49. The van der Waals surface area contributed by atoms with Crippen LogP contribution in [-0.4, -0.2) is 48.6 Å². The third-order valence-electron chi connectivity index (χ3n) is 6.86. The van der Waals surface area contributed by atoms with E-state index in [1.54, 1.807) is 17.5 Å². The molecular formula is C24H27N3O6S3. The highest BCUT2D eigenvalue weighted by Gasteiger charge is 2.35. The number of fused-ring (bicyclic) bond motifs is 1. The number of aliphatic hydroxyl groups excluding tert-OH is 1. The lowest BCUT2D eigenvalue weighted by molar-refractivity contribution is 0.0727. The average molecular weight is 550 g/mol. The van der Waals surface area contributed by atoms with E-state index in [0.29, 0.717) is 42.0 Å². The number of carbonyl (C=O) groups is 1. The van der Waals surface area contributed by atoms with Crippen molar-refractivity contribution in [3.63, 3.8) is 0 Å². The molecule has 1 fully saturated rings. The molecule has 1 unspecified atom stereocenters. The molecule has 192 valence electrons. The van der Waals surface area contributed by atoms with E-state index in [0.717, 1.165) is 16.9 Å². The summed E-state index contributed by atoms with van der Waals surface area (Å²) < 4.78 is 33.0. The van der Waals surface area contributed by atoms with Crippen LogP contribution in [0.5, 0.6) is 0 Å². The van der Waals surface area contributed by atoms with E-state index in [1.165, 1.54) is 28.1 Å². The maximum atomic E-state index is 13.6. The number of nitrogens with two attached hydrogens (primary N) is 1. The van der Waals surface area contributed by atoms with Gasteiger partial charge in [-0.3, -0.25) is 8.98 Å². The summed E-state index contributed by atoms with van der Waals surface area (Å²) in [6.07, 6.45) is 4.46. The van der Waals surface area contributed by atoms with Gasteiger partial charge in [-0.25, -0.2) is 15.1 Å². The van der Waals surface area contributed by atoms with Crippen LogP contribution in [0.3, 0.4) is 0 Å². The highest BCUT2D eigenvalue weighted by atomic mass is 32.2. The molecule has 9 nitrogen and oxygen atoms in total. The Morgan fingerprint density at radius 3 is 3.00 bits per heavy atom. The molecule has 2 aliphatic rings. The van der Waals surface area contributed by atoms with Crippen molar-refractivity contribution in [2.24, 2.45) is 17.0 Å². The highest BCUT2D eigenvalue weighted by molar-refractivity contribution is 7.84. The number of aryl methyl sites for hydroxylation is 1. The summed E-state index contributed by atoms with van der Waals surface area (Å²) in [5, 5.41) is 17.4. The van der Waals surface area contributed by atoms with Crippen LogP contribution >= 0.6 is 22.7 Å². The standard InChI is InChI=1S/C24H27N3O6S3/c1-13-17(23-24-15(2-4-32-23)3-5-34-24)9-21(35-13)22(29)18-10-26-12-27-19(18)7-14-6-16(20(28)8-14)11-33-36(25,30)31/h3,5,9-10,12,14,16,20,23,28H,2,4,6-8,11H2,1H3,(H2,25,30,31)/t14-,16+,20-,23?/m0/s1. The van der Waals surface area contributed by atoms with Gasteiger partial charge in [-0.05, 0) is 61.6 Å². The van der Waals surface area contributed by atoms with Gasteiger partial charge in [0, 0.05) is 27.4 Å². The van der Waals surface area contributed by atoms with Crippen molar-refractivity contribution in [1.29, 1.82) is 0 Å². The number of hydrogen-bond acceptors (Lipinski definition) is 10. The van der Waals surface area contributed by atoms with E-state index in [9.17, 15) is 18.3 Å². The number of carbonyl (C=O) groups excluding carboxylic acids is 1. The molecule has 3 aromatic rings. The summed E-state index contributed by atoms with van der Waals surface area (Å²) in [5.74, 6) is -0.474. The first-order chi connectivity index (χ1) is 17.2. The van der Waals surface area contributed by atoms with E-state index < -0.39 is 16.4 Å². The first kappa shape index (κ1) is 25.6. The van der Waals surface area contributed by atoms with Crippen molar-refractivity contribution >= 4 is 38.8 Å². The molecule has 3 aromatic heterocycles. The Morgan fingerprint density at radius 1 is 1.36 bits per heavy atom. The van der Waals surface area contributed by atoms with Gasteiger partial charge in [0.15, 0.2) is 0 Å². The summed E-state index contributed by atoms with van der Waals surface area (Å²) in [7, 11) is -4.07. The zero-order chi connectivity index (χ0) is 25.4. The van der Waals surface area contributed by atoms with Crippen molar-refractivity contribution in [2.45, 2.75) is 44.8 Å². The second-order valence-electron chi connectivity index (χ2n) is 9.29. The first-order valence-electron chi connectivity index (χ1n) is 11.7. The molecule has 5 rings (SSSR count). The topological polar surface area (TPSA) is 142 Å². The predicted octanol–water partition coefficient (Wildman–Crippen LogP) is 2.95. The fourth-order valence-electron chi connectivity index (χ4n) is 5.10. The minimum atomic E-state index is -4.07. The Balaban J connectivity index is 1.33. The van der Waals surface area contributed by atoms with E-state index in [2.05, 4.69) is 25.6 Å². The molecule has 4 heterocycles. The Kier molecular flexibility index (Phi) is 7.37. The van der Waals surface area contributed by atoms with Gasteiger partial charge >= 0.3 is 10.3 Å². The van der Waals surface area contributed by atoms with Gasteiger partial charge in [-0.1, -0.05) is 0 Å². The van der Waals surface area contributed by atoms with Crippen molar-refractivity contribution in [2.75, 3.05) is 13.2 Å². The van der Waals surface area contributed by atoms with Crippen molar-refractivity contribution in [3.05, 3.63) is 67.1 Å². The molecule has 0 amide bonds. The van der Waals surface area contributed by atoms with Gasteiger partial charge in [-0.15, -0.1) is 22.7 Å². The number of aliphatic hydroxyl groups is 1. The number of nitrogens with zero attached hydrogens (tertiary/aromatic N) is 2.